The fraction of sp³-hybridized carbons (Fsp3) is 0.250. The summed E-state index contributed by atoms with van der Waals surface area (Å²) in [6.07, 6.45) is 0. The van der Waals surface area contributed by atoms with Crippen molar-refractivity contribution in [1.29, 1.82) is 0 Å². The molecule has 140 valence electrons. The van der Waals surface area contributed by atoms with Gasteiger partial charge in [0.05, 0.1) is 17.4 Å². The van der Waals surface area contributed by atoms with Gasteiger partial charge in [-0.1, -0.05) is 30.3 Å². The van der Waals surface area contributed by atoms with Crippen LogP contribution in [0.5, 0.6) is 5.75 Å². The van der Waals surface area contributed by atoms with Crippen LogP contribution in [0.2, 0.25) is 0 Å². The van der Waals surface area contributed by atoms with E-state index in [1.54, 1.807) is 31.3 Å². The predicted octanol–water partition coefficient (Wildman–Crippen LogP) is 1.54. The number of aromatic nitrogens is 2. The van der Waals surface area contributed by atoms with Gasteiger partial charge in [-0.25, -0.2) is 4.79 Å². The predicted molar refractivity (Wildman–Crippen MR) is 103 cm³/mol. The first-order valence-corrected chi connectivity index (χ1v) is 8.61. The van der Waals surface area contributed by atoms with Crippen LogP contribution in [-0.2, 0) is 11.3 Å². The number of rotatable bonds is 6. The van der Waals surface area contributed by atoms with E-state index in [0.717, 1.165) is 11.3 Å². The number of para-hydroxylation sites is 2. The molecule has 0 fully saturated rings. The zero-order valence-corrected chi connectivity index (χ0v) is 15.3. The zero-order chi connectivity index (χ0) is 19.4. The van der Waals surface area contributed by atoms with Crippen LogP contribution in [0.15, 0.2) is 58.1 Å². The molecule has 0 radical (unpaired) electrons. The molecule has 3 rings (SSSR count). The van der Waals surface area contributed by atoms with Crippen molar-refractivity contribution < 1.29 is 9.53 Å². The monoisotopic (exact) mass is 367 g/mol. The molecule has 0 aliphatic carbocycles. The quantitative estimate of drug-likeness (QED) is 0.716. The Morgan fingerprint density at radius 3 is 2.59 bits per heavy atom. The van der Waals surface area contributed by atoms with Crippen LogP contribution >= 0.6 is 0 Å². The number of fused-ring (bicyclic) bond motifs is 1. The maximum atomic E-state index is 12.5. The van der Waals surface area contributed by atoms with E-state index < -0.39 is 11.2 Å². The van der Waals surface area contributed by atoms with Gasteiger partial charge in [0.2, 0.25) is 5.91 Å². The summed E-state index contributed by atoms with van der Waals surface area (Å²) in [6.45, 7) is 2.52. The fourth-order valence-corrected chi connectivity index (χ4v) is 2.79. The molecule has 1 amide bonds. The molecule has 0 bridgehead atoms. The van der Waals surface area contributed by atoms with E-state index in [0.29, 0.717) is 24.1 Å². The van der Waals surface area contributed by atoms with E-state index in [-0.39, 0.29) is 12.5 Å². The lowest BCUT2D eigenvalue weighted by atomic mass is 10.2. The molecule has 0 spiro atoms. The van der Waals surface area contributed by atoms with Crippen molar-refractivity contribution in [3.05, 3.63) is 74.9 Å². The van der Waals surface area contributed by atoms with E-state index >= 15 is 0 Å². The van der Waals surface area contributed by atoms with Crippen LogP contribution in [-0.4, -0.2) is 40.6 Å². The van der Waals surface area contributed by atoms with E-state index in [1.807, 2.05) is 31.2 Å². The Hall–Kier alpha value is -3.35. The van der Waals surface area contributed by atoms with Gasteiger partial charge in [-0.15, -0.1) is 0 Å². The van der Waals surface area contributed by atoms with Gasteiger partial charge in [-0.2, -0.15) is 0 Å². The Balaban J connectivity index is 1.69. The zero-order valence-electron chi connectivity index (χ0n) is 15.3. The maximum absolute atomic E-state index is 12.5. The van der Waals surface area contributed by atoms with E-state index in [9.17, 15) is 14.4 Å². The minimum Gasteiger partial charge on any atom is -0.491 e. The van der Waals surface area contributed by atoms with Crippen molar-refractivity contribution in [2.75, 3.05) is 20.2 Å². The molecule has 27 heavy (non-hydrogen) atoms. The van der Waals surface area contributed by atoms with Gasteiger partial charge < -0.3 is 9.64 Å². The minimum atomic E-state index is -0.600. The Morgan fingerprint density at radius 1 is 1.11 bits per heavy atom. The second kappa shape index (κ2) is 7.90. The highest BCUT2D eigenvalue weighted by Gasteiger charge is 2.14. The minimum absolute atomic E-state index is 0.156. The number of likely N-dealkylation sites (N-methyl/N-ethyl adjacent to an activating group) is 1. The molecule has 7 nitrogen and oxygen atoms in total. The highest BCUT2D eigenvalue weighted by molar-refractivity contribution is 5.81. The van der Waals surface area contributed by atoms with Gasteiger partial charge in [0.25, 0.3) is 5.56 Å². The summed E-state index contributed by atoms with van der Waals surface area (Å²) in [5.41, 5.74) is 0.401. The number of carbonyl (C=O) groups excluding carboxylic acids is 1. The summed E-state index contributed by atoms with van der Waals surface area (Å²) in [5, 5.41) is 0.371. The first-order chi connectivity index (χ1) is 13.0. The summed E-state index contributed by atoms with van der Waals surface area (Å²) >= 11 is 0. The smallest absolute Gasteiger partial charge is 0.329 e. The van der Waals surface area contributed by atoms with Crippen molar-refractivity contribution in [1.82, 2.24) is 14.5 Å². The number of nitrogens with zero attached hydrogens (tertiary/aromatic N) is 2. The van der Waals surface area contributed by atoms with Crippen molar-refractivity contribution >= 4 is 16.8 Å². The second-order valence-electron chi connectivity index (χ2n) is 6.29. The van der Waals surface area contributed by atoms with Crippen LogP contribution in [0.3, 0.4) is 0 Å². The van der Waals surface area contributed by atoms with Crippen LogP contribution in [0.4, 0.5) is 0 Å². The first kappa shape index (κ1) is 18.4. The van der Waals surface area contributed by atoms with Gasteiger partial charge in [-0.3, -0.25) is 19.1 Å². The topological polar surface area (TPSA) is 84.4 Å². The van der Waals surface area contributed by atoms with E-state index in [4.69, 9.17) is 4.74 Å². The third kappa shape index (κ3) is 4.08. The van der Waals surface area contributed by atoms with Crippen LogP contribution in [0.1, 0.15) is 5.56 Å². The van der Waals surface area contributed by atoms with Gasteiger partial charge in [0.1, 0.15) is 18.9 Å². The SMILES string of the molecule is Cc1ccccc1OCCN(C)C(=O)Cn1c(=O)[nH]c(=O)c2ccccc21. The summed E-state index contributed by atoms with van der Waals surface area (Å²) in [6, 6.07) is 14.4. The number of ether oxygens (including phenoxy) is 1. The lowest BCUT2D eigenvalue weighted by Gasteiger charge is -2.19. The summed E-state index contributed by atoms with van der Waals surface area (Å²) in [5.74, 6) is 0.531. The molecular weight excluding hydrogens is 346 g/mol. The molecule has 1 aromatic heterocycles. The third-order valence-corrected chi connectivity index (χ3v) is 4.40. The Kier molecular flexibility index (Phi) is 5.40. The van der Waals surface area contributed by atoms with Crippen molar-refractivity contribution in [3.63, 3.8) is 0 Å². The Bertz CT molecular complexity index is 1080. The van der Waals surface area contributed by atoms with Crippen molar-refractivity contribution in [3.8, 4) is 5.75 Å². The molecule has 0 aliphatic heterocycles. The molecule has 7 heteroatoms. The Labute approximate surface area is 155 Å². The lowest BCUT2D eigenvalue weighted by molar-refractivity contribution is -0.130. The number of nitrogens with one attached hydrogen (secondary N) is 1. The standard InChI is InChI=1S/C20H21N3O4/c1-14-7-3-6-10-17(14)27-12-11-22(2)18(24)13-23-16-9-5-4-8-15(16)19(25)21-20(23)26/h3-10H,11-13H2,1-2H3,(H,21,25,26). The molecule has 0 saturated carbocycles. The number of aryl methyl sites for hydroxylation is 1. The average molecular weight is 367 g/mol. The maximum Gasteiger partial charge on any atom is 0.329 e. The summed E-state index contributed by atoms with van der Waals surface area (Å²) < 4.78 is 6.98. The largest absolute Gasteiger partial charge is 0.491 e. The molecule has 3 aromatic rings. The van der Waals surface area contributed by atoms with Crippen molar-refractivity contribution in [2.24, 2.45) is 0 Å². The fourth-order valence-electron chi connectivity index (χ4n) is 2.79. The lowest BCUT2D eigenvalue weighted by Crippen LogP contribution is -2.38. The highest BCUT2D eigenvalue weighted by atomic mass is 16.5. The van der Waals surface area contributed by atoms with Gasteiger partial charge in [-0.05, 0) is 30.7 Å². The number of aromatic amines is 1. The van der Waals surface area contributed by atoms with E-state index in [2.05, 4.69) is 4.98 Å². The number of H-pyrrole nitrogens is 1. The molecule has 0 unspecified atom stereocenters. The van der Waals surface area contributed by atoms with Crippen LogP contribution in [0, 0.1) is 6.92 Å². The molecule has 1 N–H and O–H groups in total. The highest BCUT2D eigenvalue weighted by Crippen LogP contribution is 2.15. The third-order valence-electron chi connectivity index (χ3n) is 4.40. The number of amides is 1. The number of carbonyl (C=O) groups is 1. The van der Waals surface area contributed by atoms with Gasteiger partial charge in [0, 0.05) is 7.05 Å². The molecule has 0 saturated heterocycles. The molecule has 2 aromatic carbocycles. The van der Waals surface area contributed by atoms with E-state index in [1.165, 1.54) is 9.47 Å². The second-order valence-corrected chi connectivity index (χ2v) is 6.29. The number of hydrogen-bond acceptors (Lipinski definition) is 4. The van der Waals surface area contributed by atoms with Crippen LogP contribution < -0.4 is 16.0 Å². The molecule has 0 aliphatic rings. The van der Waals surface area contributed by atoms with Crippen molar-refractivity contribution in [2.45, 2.75) is 13.5 Å². The van der Waals surface area contributed by atoms with Crippen LogP contribution in [0.25, 0.3) is 10.9 Å². The number of hydrogen-bond donors (Lipinski definition) is 1. The molecule has 1 heterocycles. The Morgan fingerprint density at radius 2 is 1.81 bits per heavy atom. The molecular formula is C20H21N3O4. The van der Waals surface area contributed by atoms with Gasteiger partial charge >= 0.3 is 5.69 Å². The first-order valence-electron chi connectivity index (χ1n) is 8.61. The molecule has 0 atom stereocenters. The summed E-state index contributed by atoms with van der Waals surface area (Å²) in [7, 11) is 1.66. The summed E-state index contributed by atoms with van der Waals surface area (Å²) in [4.78, 5) is 40.3. The average Bonchev–Trinajstić information content (AvgIpc) is 2.66. The number of benzene rings is 2. The normalized spacial score (nSPS) is 10.7. The van der Waals surface area contributed by atoms with Gasteiger partial charge in [0.15, 0.2) is 0 Å².